The van der Waals surface area contributed by atoms with Gasteiger partial charge in [-0.25, -0.2) is 0 Å². The molecule has 3 atom stereocenters. The Kier molecular flexibility index (Phi) is 5.59. The third kappa shape index (κ3) is 3.45. The van der Waals surface area contributed by atoms with Gasteiger partial charge >= 0.3 is 5.97 Å². The first kappa shape index (κ1) is 15.0. The first-order valence-corrected chi connectivity index (χ1v) is 6.50. The summed E-state index contributed by atoms with van der Waals surface area (Å²) in [5.41, 5.74) is 0. The van der Waals surface area contributed by atoms with Crippen LogP contribution < -0.4 is 0 Å². The molecule has 1 rings (SSSR count). The number of carbonyl (C=O) groups excluding carboxylic acids is 1. The van der Waals surface area contributed by atoms with Gasteiger partial charge in [0.1, 0.15) is 0 Å². The lowest BCUT2D eigenvalue weighted by molar-refractivity contribution is -0.154. The number of piperidine rings is 1. The van der Waals surface area contributed by atoms with E-state index in [4.69, 9.17) is 4.74 Å². The van der Waals surface area contributed by atoms with Crippen molar-refractivity contribution in [2.24, 2.45) is 11.8 Å². The Bertz CT molecular complexity index is 305. The van der Waals surface area contributed by atoms with Gasteiger partial charge in [0.25, 0.3) is 0 Å². The second kappa shape index (κ2) is 6.73. The Morgan fingerprint density at radius 2 is 2.11 bits per heavy atom. The molecular formula is C13H23NO4. The van der Waals surface area contributed by atoms with Crippen molar-refractivity contribution in [2.75, 3.05) is 20.3 Å². The molecule has 1 aliphatic rings. The average Bonchev–Trinajstić information content (AvgIpc) is 2.26. The summed E-state index contributed by atoms with van der Waals surface area (Å²) >= 11 is 0. The Labute approximate surface area is 108 Å². The van der Waals surface area contributed by atoms with Crippen LogP contribution in [0.4, 0.5) is 0 Å². The summed E-state index contributed by atoms with van der Waals surface area (Å²) < 4.78 is 4.96. The van der Waals surface area contributed by atoms with Gasteiger partial charge in [-0.05, 0) is 25.7 Å². The van der Waals surface area contributed by atoms with Gasteiger partial charge in [0, 0.05) is 32.7 Å². The van der Waals surface area contributed by atoms with Gasteiger partial charge in [0.2, 0.25) is 5.91 Å². The van der Waals surface area contributed by atoms with E-state index < -0.39 is 11.9 Å². The number of carboxylic acids is 1. The second-order valence-corrected chi connectivity index (χ2v) is 5.07. The van der Waals surface area contributed by atoms with Gasteiger partial charge < -0.3 is 14.7 Å². The van der Waals surface area contributed by atoms with E-state index in [-0.39, 0.29) is 17.9 Å². The largest absolute Gasteiger partial charge is 0.481 e. The van der Waals surface area contributed by atoms with E-state index in [2.05, 4.69) is 0 Å². The van der Waals surface area contributed by atoms with Crippen LogP contribution in [0.15, 0.2) is 0 Å². The van der Waals surface area contributed by atoms with Crippen molar-refractivity contribution in [3.8, 4) is 0 Å². The van der Waals surface area contributed by atoms with E-state index in [0.717, 1.165) is 12.8 Å². The molecule has 0 bridgehead atoms. The van der Waals surface area contributed by atoms with Crippen molar-refractivity contribution in [1.82, 2.24) is 4.90 Å². The van der Waals surface area contributed by atoms with E-state index >= 15 is 0 Å². The highest BCUT2D eigenvalue weighted by Gasteiger charge is 2.41. The van der Waals surface area contributed by atoms with Crippen LogP contribution in [-0.4, -0.2) is 48.2 Å². The summed E-state index contributed by atoms with van der Waals surface area (Å²) in [5.74, 6) is -1.26. The molecule has 3 unspecified atom stereocenters. The van der Waals surface area contributed by atoms with Crippen LogP contribution in [0, 0.1) is 11.8 Å². The van der Waals surface area contributed by atoms with Crippen LogP contribution in [0.1, 0.15) is 33.1 Å². The molecule has 1 amide bonds. The summed E-state index contributed by atoms with van der Waals surface area (Å²) in [5, 5.41) is 9.23. The average molecular weight is 257 g/mol. The molecule has 0 aromatic carbocycles. The summed E-state index contributed by atoms with van der Waals surface area (Å²) in [6.45, 7) is 4.98. The van der Waals surface area contributed by atoms with Crippen LogP contribution in [0.3, 0.4) is 0 Å². The summed E-state index contributed by atoms with van der Waals surface area (Å²) in [6, 6.07) is -0.221. The lowest BCUT2D eigenvalue weighted by Crippen LogP contribution is -2.52. The lowest BCUT2D eigenvalue weighted by atomic mass is 9.81. The molecule has 1 N–H and O–H groups in total. The van der Waals surface area contributed by atoms with Gasteiger partial charge in [-0.3, -0.25) is 9.59 Å². The fourth-order valence-corrected chi connectivity index (χ4v) is 2.72. The van der Waals surface area contributed by atoms with Gasteiger partial charge in [-0.2, -0.15) is 0 Å². The zero-order valence-corrected chi connectivity index (χ0v) is 11.4. The number of nitrogens with zero attached hydrogens (tertiary/aromatic N) is 1. The molecule has 104 valence electrons. The van der Waals surface area contributed by atoms with Crippen molar-refractivity contribution in [3.05, 3.63) is 0 Å². The van der Waals surface area contributed by atoms with Crippen LogP contribution >= 0.6 is 0 Å². The Hall–Kier alpha value is -1.10. The van der Waals surface area contributed by atoms with Crippen molar-refractivity contribution >= 4 is 11.9 Å². The summed E-state index contributed by atoms with van der Waals surface area (Å²) in [6.07, 6.45) is 2.08. The monoisotopic (exact) mass is 257 g/mol. The molecule has 0 aliphatic carbocycles. The molecular weight excluding hydrogens is 234 g/mol. The van der Waals surface area contributed by atoms with Gasteiger partial charge in [0.05, 0.1) is 5.92 Å². The van der Waals surface area contributed by atoms with Gasteiger partial charge in [-0.15, -0.1) is 0 Å². The van der Waals surface area contributed by atoms with E-state index in [1.54, 1.807) is 12.0 Å². The SMILES string of the molecule is COCCCCN1C(=O)CC(C)C(C(=O)O)C1C. The maximum Gasteiger partial charge on any atom is 0.308 e. The summed E-state index contributed by atoms with van der Waals surface area (Å²) in [7, 11) is 1.65. The van der Waals surface area contributed by atoms with Crippen LogP contribution in [0.25, 0.3) is 0 Å². The Morgan fingerprint density at radius 1 is 1.44 bits per heavy atom. The molecule has 0 aromatic heterocycles. The van der Waals surface area contributed by atoms with E-state index in [0.29, 0.717) is 19.6 Å². The van der Waals surface area contributed by atoms with E-state index in [9.17, 15) is 14.7 Å². The number of unbranched alkanes of at least 4 members (excludes halogenated alkanes) is 1. The van der Waals surface area contributed by atoms with Gasteiger partial charge in [-0.1, -0.05) is 6.92 Å². The highest BCUT2D eigenvalue weighted by atomic mass is 16.5. The van der Waals surface area contributed by atoms with Crippen LogP contribution in [0.5, 0.6) is 0 Å². The fraction of sp³-hybridized carbons (Fsp3) is 0.846. The maximum atomic E-state index is 11.9. The number of aliphatic carboxylic acids is 1. The maximum absolute atomic E-state index is 11.9. The number of hydrogen-bond donors (Lipinski definition) is 1. The predicted octanol–water partition coefficient (Wildman–Crippen LogP) is 1.37. The number of carbonyl (C=O) groups is 2. The molecule has 0 saturated carbocycles. The number of ether oxygens (including phenoxy) is 1. The Balaban J connectivity index is 2.59. The first-order valence-electron chi connectivity index (χ1n) is 6.50. The predicted molar refractivity (Wildman–Crippen MR) is 67.2 cm³/mol. The number of methoxy groups -OCH3 is 1. The van der Waals surface area contributed by atoms with Crippen molar-refractivity contribution < 1.29 is 19.4 Å². The number of likely N-dealkylation sites (tertiary alicyclic amines) is 1. The van der Waals surface area contributed by atoms with Gasteiger partial charge in [0.15, 0.2) is 0 Å². The fourth-order valence-electron chi connectivity index (χ4n) is 2.72. The third-order valence-corrected chi connectivity index (χ3v) is 3.72. The van der Waals surface area contributed by atoms with Crippen molar-refractivity contribution in [3.63, 3.8) is 0 Å². The first-order chi connectivity index (χ1) is 8.49. The quantitative estimate of drug-likeness (QED) is 0.730. The molecule has 0 aromatic rings. The number of amides is 1. The summed E-state index contributed by atoms with van der Waals surface area (Å²) in [4.78, 5) is 24.9. The topological polar surface area (TPSA) is 66.8 Å². The number of carboxylic acid groups (broad SMARTS) is 1. The smallest absolute Gasteiger partial charge is 0.308 e. The third-order valence-electron chi connectivity index (χ3n) is 3.72. The zero-order chi connectivity index (χ0) is 13.7. The lowest BCUT2D eigenvalue weighted by Gasteiger charge is -2.40. The molecule has 0 radical (unpaired) electrons. The van der Waals surface area contributed by atoms with Crippen molar-refractivity contribution in [1.29, 1.82) is 0 Å². The number of rotatable bonds is 6. The molecule has 5 heteroatoms. The van der Waals surface area contributed by atoms with E-state index in [1.165, 1.54) is 0 Å². The molecule has 1 saturated heterocycles. The minimum Gasteiger partial charge on any atom is -0.481 e. The second-order valence-electron chi connectivity index (χ2n) is 5.07. The highest BCUT2D eigenvalue weighted by molar-refractivity contribution is 5.81. The van der Waals surface area contributed by atoms with Crippen molar-refractivity contribution in [2.45, 2.75) is 39.2 Å². The minimum atomic E-state index is -0.801. The molecule has 1 fully saturated rings. The number of hydrogen-bond acceptors (Lipinski definition) is 3. The minimum absolute atomic E-state index is 0.0740. The standard InChI is InChI=1S/C13H23NO4/c1-9-8-11(15)14(6-4-5-7-18-3)10(2)12(9)13(16)17/h9-10,12H,4-8H2,1-3H3,(H,16,17). The molecule has 1 heterocycles. The molecule has 1 aliphatic heterocycles. The molecule has 5 nitrogen and oxygen atoms in total. The van der Waals surface area contributed by atoms with E-state index in [1.807, 2.05) is 13.8 Å². The molecule has 0 spiro atoms. The Morgan fingerprint density at radius 3 is 2.67 bits per heavy atom. The molecule has 18 heavy (non-hydrogen) atoms. The zero-order valence-electron chi connectivity index (χ0n) is 11.4. The van der Waals surface area contributed by atoms with Crippen LogP contribution in [0.2, 0.25) is 0 Å². The normalized spacial score (nSPS) is 28.5. The highest BCUT2D eigenvalue weighted by Crippen LogP contribution is 2.30. The van der Waals surface area contributed by atoms with Crippen LogP contribution in [-0.2, 0) is 14.3 Å².